The minimum atomic E-state index is -0.415. The maximum Gasteiger partial charge on any atom is 0.248 e. The number of benzene rings is 1. The van der Waals surface area contributed by atoms with Gasteiger partial charge in [-0.25, -0.2) is 0 Å². The summed E-state index contributed by atoms with van der Waals surface area (Å²) in [4.78, 5) is 12.4. The number of halogens is 1. The van der Waals surface area contributed by atoms with Gasteiger partial charge in [-0.15, -0.1) is 0 Å². The van der Waals surface area contributed by atoms with Crippen LogP contribution in [0.25, 0.3) is 0 Å². The summed E-state index contributed by atoms with van der Waals surface area (Å²) in [5.74, 6) is -0.106. The lowest BCUT2D eigenvalue weighted by molar-refractivity contribution is -0.119. The van der Waals surface area contributed by atoms with E-state index >= 15 is 0 Å². The molecule has 0 bridgehead atoms. The summed E-state index contributed by atoms with van der Waals surface area (Å²) in [7, 11) is 0. The lowest BCUT2D eigenvalue weighted by Crippen LogP contribution is -2.25. The predicted octanol–water partition coefficient (Wildman–Crippen LogP) is 3.66. The minimum absolute atomic E-state index is 0.106. The zero-order valence-electron chi connectivity index (χ0n) is 12.1. The fraction of sp³-hybridized carbons (Fsp3) is 0.333. The lowest BCUT2D eigenvalue weighted by atomic mass is 10.1. The second kappa shape index (κ2) is 5.67. The van der Waals surface area contributed by atoms with Crippen LogP contribution in [0.1, 0.15) is 29.8 Å². The van der Waals surface area contributed by atoms with E-state index in [1.165, 1.54) is 0 Å². The highest BCUT2D eigenvalue weighted by Crippen LogP contribution is 2.22. The Kier molecular flexibility index (Phi) is 4.14. The molecule has 1 aromatic carbocycles. The SMILES string of the molecule is Cc1cccc(C)c1NC(=O)C(C)n1ncc(Cl)c1C. The van der Waals surface area contributed by atoms with Crippen LogP contribution >= 0.6 is 11.6 Å². The third-order valence-electron chi connectivity index (χ3n) is 3.46. The van der Waals surface area contributed by atoms with Crippen molar-refractivity contribution in [3.63, 3.8) is 0 Å². The van der Waals surface area contributed by atoms with E-state index in [1.807, 2.05) is 39.0 Å². The van der Waals surface area contributed by atoms with Gasteiger partial charge in [-0.1, -0.05) is 29.8 Å². The molecular weight excluding hydrogens is 274 g/mol. The van der Waals surface area contributed by atoms with Crippen LogP contribution in [0.3, 0.4) is 0 Å². The van der Waals surface area contributed by atoms with E-state index < -0.39 is 6.04 Å². The third kappa shape index (κ3) is 2.70. The van der Waals surface area contributed by atoms with Crippen molar-refractivity contribution in [1.29, 1.82) is 0 Å². The first kappa shape index (κ1) is 14.6. The summed E-state index contributed by atoms with van der Waals surface area (Å²) in [6.45, 7) is 7.60. The second-order valence-corrected chi connectivity index (χ2v) is 5.36. The molecule has 2 aromatic rings. The molecule has 1 atom stereocenters. The van der Waals surface area contributed by atoms with E-state index in [-0.39, 0.29) is 5.91 Å². The highest BCUT2D eigenvalue weighted by molar-refractivity contribution is 6.31. The zero-order chi connectivity index (χ0) is 14.9. The molecule has 1 heterocycles. The van der Waals surface area contributed by atoms with Gasteiger partial charge in [-0.3, -0.25) is 9.48 Å². The van der Waals surface area contributed by atoms with Crippen LogP contribution in [-0.4, -0.2) is 15.7 Å². The van der Waals surface area contributed by atoms with Gasteiger partial charge in [-0.2, -0.15) is 5.10 Å². The summed E-state index contributed by atoms with van der Waals surface area (Å²) < 4.78 is 1.63. The van der Waals surface area contributed by atoms with Crippen molar-refractivity contribution in [2.45, 2.75) is 33.7 Å². The molecule has 5 heteroatoms. The zero-order valence-corrected chi connectivity index (χ0v) is 12.8. The largest absolute Gasteiger partial charge is 0.324 e. The van der Waals surface area contributed by atoms with Gasteiger partial charge >= 0.3 is 0 Å². The van der Waals surface area contributed by atoms with Gasteiger partial charge in [0.2, 0.25) is 5.91 Å². The van der Waals surface area contributed by atoms with Gasteiger partial charge in [-0.05, 0) is 38.8 Å². The highest BCUT2D eigenvalue weighted by atomic mass is 35.5. The van der Waals surface area contributed by atoms with E-state index in [1.54, 1.807) is 17.8 Å². The number of nitrogens with zero attached hydrogens (tertiary/aromatic N) is 2. The van der Waals surface area contributed by atoms with E-state index in [4.69, 9.17) is 11.6 Å². The topological polar surface area (TPSA) is 46.9 Å². The highest BCUT2D eigenvalue weighted by Gasteiger charge is 2.19. The molecule has 20 heavy (non-hydrogen) atoms. The molecule has 0 fully saturated rings. The maximum absolute atomic E-state index is 12.4. The number of amides is 1. The molecule has 0 radical (unpaired) electrons. The number of carbonyl (C=O) groups excluding carboxylic acids is 1. The Bertz CT molecular complexity index is 628. The summed E-state index contributed by atoms with van der Waals surface area (Å²) in [6.07, 6.45) is 1.56. The predicted molar refractivity (Wildman–Crippen MR) is 81.2 cm³/mol. The van der Waals surface area contributed by atoms with E-state index in [2.05, 4.69) is 10.4 Å². The molecule has 1 amide bonds. The van der Waals surface area contributed by atoms with Crippen molar-refractivity contribution in [3.05, 3.63) is 46.2 Å². The van der Waals surface area contributed by atoms with Gasteiger partial charge < -0.3 is 5.32 Å². The number of para-hydroxylation sites is 1. The van der Waals surface area contributed by atoms with Gasteiger partial charge in [0.25, 0.3) is 0 Å². The Balaban J connectivity index is 2.22. The van der Waals surface area contributed by atoms with Crippen molar-refractivity contribution >= 4 is 23.2 Å². The molecule has 0 aliphatic carbocycles. The van der Waals surface area contributed by atoms with E-state index in [0.29, 0.717) is 5.02 Å². The number of rotatable bonds is 3. The summed E-state index contributed by atoms with van der Waals surface area (Å²) >= 11 is 5.97. The first-order valence-electron chi connectivity index (χ1n) is 6.48. The first-order chi connectivity index (χ1) is 9.41. The number of nitrogens with one attached hydrogen (secondary N) is 1. The van der Waals surface area contributed by atoms with Crippen LogP contribution in [0, 0.1) is 20.8 Å². The Morgan fingerprint density at radius 1 is 1.30 bits per heavy atom. The normalized spacial score (nSPS) is 12.2. The van der Waals surface area contributed by atoms with Crippen molar-refractivity contribution in [1.82, 2.24) is 9.78 Å². The quantitative estimate of drug-likeness (QED) is 0.938. The molecule has 106 valence electrons. The van der Waals surface area contributed by atoms with Crippen LogP contribution < -0.4 is 5.32 Å². The second-order valence-electron chi connectivity index (χ2n) is 4.95. The number of aryl methyl sites for hydroxylation is 2. The van der Waals surface area contributed by atoms with Crippen molar-refractivity contribution < 1.29 is 4.79 Å². The molecule has 0 aliphatic heterocycles. The monoisotopic (exact) mass is 291 g/mol. The fourth-order valence-corrected chi connectivity index (χ4v) is 2.27. The average Bonchev–Trinajstić information content (AvgIpc) is 2.73. The van der Waals surface area contributed by atoms with Gasteiger partial charge in [0.1, 0.15) is 6.04 Å². The van der Waals surface area contributed by atoms with E-state index in [9.17, 15) is 4.79 Å². The standard InChI is InChI=1S/C15H18ClN3O/c1-9-6-5-7-10(2)14(9)18-15(20)12(4)19-11(3)13(16)8-17-19/h5-8,12H,1-4H3,(H,18,20). The number of anilines is 1. The van der Waals surface area contributed by atoms with Gasteiger partial charge in [0.05, 0.1) is 16.9 Å². The summed E-state index contributed by atoms with van der Waals surface area (Å²) in [6, 6.07) is 5.51. The molecule has 1 N–H and O–H groups in total. The van der Waals surface area contributed by atoms with Crippen LogP contribution in [0.2, 0.25) is 5.02 Å². The van der Waals surface area contributed by atoms with Gasteiger partial charge in [0.15, 0.2) is 0 Å². The Morgan fingerprint density at radius 2 is 1.90 bits per heavy atom. The Labute approximate surface area is 123 Å². The van der Waals surface area contributed by atoms with Crippen LogP contribution in [-0.2, 0) is 4.79 Å². The van der Waals surface area contributed by atoms with Gasteiger partial charge in [0, 0.05) is 5.69 Å². The van der Waals surface area contributed by atoms with E-state index in [0.717, 1.165) is 22.5 Å². The molecule has 0 saturated carbocycles. The number of hydrogen-bond donors (Lipinski definition) is 1. The molecule has 2 rings (SSSR count). The first-order valence-corrected chi connectivity index (χ1v) is 6.86. The Hall–Kier alpha value is -1.81. The number of aromatic nitrogens is 2. The molecular formula is C15H18ClN3O. The number of hydrogen-bond acceptors (Lipinski definition) is 2. The molecule has 4 nitrogen and oxygen atoms in total. The minimum Gasteiger partial charge on any atom is -0.324 e. The number of carbonyl (C=O) groups is 1. The smallest absolute Gasteiger partial charge is 0.248 e. The van der Waals surface area contributed by atoms with Crippen molar-refractivity contribution in [3.8, 4) is 0 Å². The molecule has 1 unspecified atom stereocenters. The average molecular weight is 292 g/mol. The maximum atomic E-state index is 12.4. The summed E-state index contributed by atoms with van der Waals surface area (Å²) in [5, 5.41) is 7.68. The molecule has 0 saturated heterocycles. The van der Waals surface area contributed by atoms with Crippen LogP contribution in [0.5, 0.6) is 0 Å². The summed E-state index contributed by atoms with van der Waals surface area (Å²) in [5.41, 5.74) is 3.73. The van der Waals surface area contributed by atoms with Crippen molar-refractivity contribution in [2.24, 2.45) is 0 Å². The fourth-order valence-electron chi connectivity index (χ4n) is 2.14. The van der Waals surface area contributed by atoms with Crippen molar-refractivity contribution in [2.75, 3.05) is 5.32 Å². The molecule has 1 aromatic heterocycles. The molecule has 0 aliphatic rings. The van der Waals surface area contributed by atoms with Crippen LogP contribution in [0.15, 0.2) is 24.4 Å². The third-order valence-corrected chi connectivity index (χ3v) is 3.83. The molecule has 0 spiro atoms. The van der Waals surface area contributed by atoms with Crippen LogP contribution in [0.4, 0.5) is 5.69 Å². The Morgan fingerprint density at radius 3 is 2.40 bits per heavy atom. The lowest BCUT2D eigenvalue weighted by Gasteiger charge is -2.17.